The van der Waals surface area contributed by atoms with Gasteiger partial charge in [0.05, 0.1) is 5.69 Å². The Morgan fingerprint density at radius 1 is 1.37 bits per heavy atom. The van der Waals surface area contributed by atoms with Gasteiger partial charge in [0.2, 0.25) is 0 Å². The van der Waals surface area contributed by atoms with Crippen LogP contribution in [0.25, 0.3) is 0 Å². The Bertz CT molecular complexity index is 532. The van der Waals surface area contributed by atoms with Crippen molar-refractivity contribution < 1.29 is 0 Å². The van der Waals surface area contributed by atoms with E-state index in [-0.39, 0.29) is 6.04 Å². The van der Waals surface area contributed by atoms with Crippen LogP contribution in [-0.4, -0.2) is 20.8 Å². The molecule has 2 aromatic heterocycles. The first-order valence-electron chi connectivity index (χ1n) is 6.46. The third-order valence-electron chi connectivity index (χ3n) is 3.55. The summed E-state index contributed by atoms with van der Waals surface area (Å²) in [6.45, 7) is 4.13. The molecule has 2 aromatic rings. The number of nitrogens with two attached hydrogens (primary N) is 1. The lowest BCUT2D eigenvalue weighted by atomic mass is 9.99. The smallest absolute Gasteiger partial charge is 0.0628 e. The second-order valence-corrected chi connectivity index (χ2v) is 4.91. The highest BCUT2D eigenvalue weighted by Crippen LogP contribution is 2.15. The maximum Gasteiger partial charge on any atom is 0.0628 e. The van der Waals surface area contributed by atoms with Gasteiger partial charge in [0.25, 0.3) is 0 Å². The largest absolute Gasteiger partial charge is 0.272 e. The van der Waals surface area contributed by atoms with Crippen LogP contribution >= 0.6 is 0 Å². The van der Waals surface area contributed by atoms with Gasteiger partial charge in [0, 0.05) is 31.2 Å². The number of hydrazine groups is 1. The molecule has 0 fully saturated rings. The Balaban J connectivity index is 2.11. The summed E-state index contributed by atoms with van der Waals surface area (Å²) in [4.78, 5) is 4.13. The van der Waals surface area contributed by atoms with Gasteiger partial charge in [0.1, 0.15) is 0 Å². The topological polar surface area (TPSA) is 68.8 Å². The third-order valence-corrected chi connectivity index (χ3v) is 3.55. The Morgan fingerprint density at radius 2 is 2.16 bits per heavy atom. The standard InChI is InChI=1S/C14H21N5/c1-10-14(11(2)19(3)18-10)8-13(17-15)7-12-5-4-6-16-9-12/h4-6,9,13,17H,7-8,15H2,1-3H3. The molecule has 0 saturated heterocycles. The molecule has 0 aliphatic heterocycles. The van der Waals surface area contributed by atoms with Crippen molar-refractivity contribution in [3.8, 4) is 0 Å². The van der Waals surface area contributed by atoms with Crippen LogP contribution in [-0.2, 0) is 19.9 Å². The molecule has 2 rings (SSSR count). The van der Waals surface area contributed by atoms with Gasteiger partial charge in [-0.15, -0.1) is 0 Å². The van der Waals surface area contributed by atoms with E-state index >= 15 is 0 Å². The van der Waals surface area contributed by atoms with Gasteiger partial charge in [-0.1, -0.05) is 6.07 Å². The highest BCUT2D eigenvalue weighted by molar-refractivity contribution is 5.26. The number of hydrogen-bond donors (Lipinski definition) is 2. The number of rotatable bonds is 5. The van der Waals surface area contributed by atoms with Crippen LogP contribution in [0.3, 0.4) is 0 Å². The summed E-state index contributed by atoms with van der Waals surface area (Å²) >= 11 is 0. The van der Waals surface area contributed by atoms with Crippen LogP contribution in [0.4, 0.5) is 0 Å². The molecule has 2 heterocycles. The van der Waals surface area contributed by atoms with E-state index in [1.54, 1.807) is 6.20 Å². The molecular weight excluding hydrogens is 238 g/mol. The van der Waals surface area contributed by atoms with Crippen molar-refractivity contribution in [2.45, 2.75) is 32.7 Å². The number of hydrogen-bond acceptors (Lipinski definition) is 4. The van der Waals surface area contributed by atoms with Crippen LogP contribution in [0.2, 0.25) is 0 Å². The summed E-state index contributed by atoms with van der Waals surface area (Å²) in [6.07, 6.45) is 5.39. The zero-order valence-electron chi connectivity index (χ0n) is 11.7. The predicted octanol–water partition coefficient (Wildman–Crippen LogP) is 1.05. The lowest BCUT2D eigenvalue weighted by Gasteiger charge is -2.16. The molecule has 0 saturated carbocycles. The van der Waals surface area contributed by atoms with Crippen LogP contribution in [0.5, 0.6) is 0 Å². The minimum Gasteiger partial charge on any atom is -0.272 e. The molecular formula is C14H21N5. The minimum absolute atomic E-state index is 0.186. The van der Waals surface area contributed by atoms with E-state index in [2.05, 4.69) is 28.5 Å². The van der Waals surface area contributed by atoms with Gasteiger partial charge < -0.3 is 0 Å². The summed E-state index contributed by atoms with van der Waals surface area (Å²) in [7, 11) is 1.97. The molecule has 0 bridgehead atoms. The van der Waals surface area contributed by atoms with Gasteiger partial charge >= 0.3 is 0 Å². The molecule has 3 N–H and O–H groups in total. The van der Waals surface area contributed by atoms with Crippen LogP contribution in [0.1, 0.15) is 22.5 Å². The van der Waals surface area contributed by atoms with Crippen LogP contribution in [0, 0.1) is 13.8 Å². The van der Waals surface area contributed by atoms with Gasteiger partial charge in [-0.25, -0.2) is 0 Å². The number of pyridine rings is 1. The average molecular weight is 259 g/mol. The molecule has 0 aliphatic rings. The highest BCUT2D eigenvalue weighted by Gasteiger charge is 2.15. The first kappa shape index (κ1) is 13.7. The van der Waals surface area contributed by atoms with E-state index in [1.165, 1.54) is 16.8 Å². The second-order valence-electron chi connectivity index (χ2n) is 4.91. The van der Waals surface area contributed by atoms with Crippen molar-refractivity contribution in [3.05, 3.63) is 47.0 Å². The minimum atomic E-state index is 0.186. The predicted molar refractivity (Wildman–Crippen MR) is 75.4 cm³/mol. The van der Waals surface area contributed by atoms with Crippen molar-refractivity contribution in [1.82, 2.24) is 20.2 Å². The van der Waals surface area contributed by atoms with Crippen LogP contribution in [0.15, 0.2) is 24.5 Å². The van der Waals surface area contributed by atoms with E-state index in [4.69, 9.17) is 5.84 Å². The second kappa shape index (κ2) is 5.95. The zero-order valence-corrected chi connectivity index (χ0v) is 11.7. The fourth-order valence-corrected chi connectivity index (χ4v) is 2.35. The summed E-state index contributed by atoms with van der Waals surface area (Å²) in [5, 5.41) is 4.44. The first-order valence-corrected chi connectivity index (χ1v) is 6.46. The molecule has 1 atom stereocenters. The normalized spacial score (nSPS) is 12.6. The molecule has 0 aromatic carbocycles. The summed E-state index contributed by atoms with van der Waals surface area (Å²) in [6, 6.07) is 4.20. The van der Waals surface area contributed by atoms with Crippen molar-refractivity contribution in [1.29, 1.82) is 0 Å². The lowest BCUT2D eigenvalue weighted by Crippen LogP contribution is -2.38. The van der Waals surface area contributed by atoms with E-state index in [0.29, 0.717) is 0 Å². The Labute approximate surface area is 113 Å². The fraction of sp³-hybridized carbons (Fsp3) is 0.429. The first-order chi connectivity index (χ1) is 9.11. The molecule has 0 aliphatic carbocycles. The average Bonchev–Trinajstić information content (AvgIpc) is 2.65. The molecule has 5 nitrogen and oxygen atoms in total. The molecule has 0 spiro atoms. The van der Waals surface area contributed by atoms with E-state index < -0.39 is 0 Å². The molecule has 5 heteroatoms. The van der Waals surface area contributed by atoms with Gasteiger partial charge in [0.15, 0.2) is 0 Å². The van der Waals surface area contributed by atoms with E-state index in [0.717, 1.165) is 18.5 Å². The monoisotopic (exact) mass is 259 g/mol. The van der Waals surface area contributed by atoms with Crippen molar-refractivity contribution in [2.24, 2.45) is 12.9 Å². The number of nitrogens with one attached hydrogen (secondary N) is 1. The number of aromatic nitrogens is 3. The number of nitrogens with zero attached hydrogens (tertiary/aromatic N) is 3. The van der Waals surface area contributed by atoms with Crippen molar-refractivity contribution in [2.75, 3.05) is 0 Å². The molecule has 19 heavy (non-hydrogen) atoms. The lowest BCUT2D eigenvalue weighted by molar-refractivity contribution is 0.520. The molecule has 0 amide bonds. The van der Waals surface area contributed by atoms with Crippen molar-refractivity contribution in [3.63, 3.8) is 0 Å². The molecule has 102 valence electrons. The van der Waals surface area contributed by atoms with Crippen molar-refractivity contribution >= 4 is 0 Å². The Morgan fingerprint density at radius 3 is 2.68 bits per heavy atom. The van der Waals surface area contributed by atoms with Gasteiger partial charge in [-0.05, 0) is 43.9 Å². The fourth-order valence-electron chi connectivity index (χ4n) is 2.35. The van der Waals surface area contributed by atoms with E-state index in [1.807, 2.05) is 30.9 Å². The number of aryl methyl sites for hydroxylation is 2. The summed E-state index contributed by atoms with van der Waals surface area (Å²) in [5.74, 6) is 5.68. The highest BCUT2D eigenvalue weighted by atomic mass is 15.3. The van der Waals surface area contributed by atoms with Gasteiger partial charge in [-0.2, -0.15) is 5.10 Å². The maximum absolute atomic E-state index is 5.68. The van der Waals surface area contributed by atoms with Crippen LogP contribution < -0.4 is 11.3 Å². The molecule has 0 radical (unpaired) electrons. The quantitative estimate of drug-likeness (QED) is 0.622. The zero-order chi connectivity index (χ0) is 13.8. The van der Waals surface area contributed by atoms with Gasteiger partial charge in [-0.3, -0.25) is 20.9 Å². The Hall–Kier alpha value is -1.72. The third kappa shape index (κ3) is 3.19. The van der Waals surface area contributed by atoms with E-state index in [9.17, 15) is 0 Å². The summed E-state index contributed by atoms with van der Waals surface area (Å²) in [5.41, 5.74) is 7.63. The molecule has 1 unspecified atom stereocenters. The SMILES string of the molecule is Cc1nn(C)c(C)c1CC(Cc1cccnc1)NN. The maximum atomic E-state index is 5.68. The summed E-state index contributed by atoms with van der Waals surface area (Å²) < 4.78 is 1.92. The Kier molecular flexibility index (Phi) is 4.29.